The van der Waals surface area contributed by atoms with Crippen LogP contribution in [0.5, 0.6) is 5.75 Å². The minimum Gasteiger partial charge on any atom is -0.404 e. The number of carbonyl (C=O) groups excluding carboxylic acids is 1. The zero-order chi connectivity index (χ0) is 30.1. The van der Waals surface area contributed by atoms with Gasteiger partial charge >= 0.3 is 6.36 Å². The monoisotopic (exact) mass is 661 g/mol. The lowest BCUT2D eigenvalue weighted by Crippen LogP contribution is -2.45. The molecule has 12 heteroatoms. The number of amidine groups is 1. The second-order valence-electron chi connectivity index (χ2n) is 9.83. The van der Waals surface area contributed by atoms with Gasteiger partial charge in [-0.25, -0.2) is 0 Å². The van der Waals surface area contributed by atoms with Crippen LogP contribution < -0.4 is 20.7 Å². The van der Waals surface area contributed by atoms with Crippen LogP contribution in [0.2, 0.25) is 0 Å². The van der Waals surface area contributed by atoms with Gasteiger partial charge in [0.2, 0.25) is 5.91 Å². The van der Waals surface area contributed by atoms with E-state index in [2.05, 4.69) is 36.6 Å². The fraction of sp³-hybridized carbons (Fsp3) is 0.300. The molecule has 1 aliphatic heterocycles. The normalized spacial score (nSPS) is 13.8. The number of alkyl halides is 3. The van der Waals surface area contributed by atoms with Gasteiger partial charge in [-0.3, -0.25) is 10.2 Å². The van der Waals surface area contributed by atoms with Crippen molar-refractivity contribution in [2.24, 2.45) is 0 Å². The van der Waals surface area contributed by atoms with Crippen LogP contribution in [0.15, 0.2) is 77.3 Å². The van der Waals surface area contributed by atoms with Crippen molar-refractivity contribution in [2.45, 2.75) is 44.5 Å². The molecule has 7 nitrogen and oxygen atoms in total. The first-order valence-corrected chi connectivity index (χ1v) is 14.7. The number of thiocarbonyl (C=S) groups is 1. The van der Waals surface area contributed by atoms with Gasteiger partial charge in [0.25, 0.3) is 0 Å². The summed E-state index contributed by atoms with van der Waals surface area (Å²) in [7, 11) is 0. The number of hydrogen-bond donors (Lipinski definition) is 4. The third kappa shape index (κ3) is 9.45. The number of halogens is 4. The van der Waals surface area contributed by atoms with Crippen LogP contribution in [0.4, 0.5) is 24.5 Å². The van der Waals surface area contributed by atoms with Gasteiger partial charge in [0, 0.05) is 28.8 Å². The van der Waals surface area contributed by atoms with E-state index in [-0.39, 0.29) is 16.7 Å². The third-order valence-corrected chi connectivity index (χ3v) is 7.40. The quantitative estimate of drug-likeness (QED) is 0.105. The summed E-state index contributed by atoms with van der Waals surface area (Å²) >= 11 is 8.54. The number of anilines is 2. The lowest BCUT2D eigenvalue weighted by atomic mass is 10.0. The number of amides is 1. The Hall–Kier alpha value is -3.64. The highest BCUT2D eigenvalue weighted by atomic mass is 79.9. The lowest BCUT2D eigenvalue weighted by molar-refractivity contribution is -0.274. The molecule has 1 fully saturated rings. The van der Waals surface area contributed by atoms with Gasteiger partial charge in [-0.1, -0.05) is 46.3 Å². The highest BCUT2D eigenvalue weighted by molar-refractivity contribution is 9.10. The second-order valence-corrected chi connectivity index (χ2v) is 11.2. The van der Waals surface area contributed by atoms with E-state index in [0.29, 0.717) is 28.8 Å². The molecular formula is C30H31BrF3N5O2S. The number of likely N-dealkylation sites (tertiary alicyclic amines) is 1. The molecule has 1 unspecified atom stereocenters. The fourth-order valence-electron chi connectivity index (χ4n) is 4.61. The predicted octanol–water partition coefficient (Wildman–Crippen LogP) is 7.09. The predicted molar refractivity (Wildman–Crippen MR) is 166 cm³/mol. The zero-order valence-corrected chi connectivity index (χ0v) is 25.0. The SMILES string of the molecule is N=C(c1ccc(NC(=O)C(CCCc2ccccc2)NC(=S)Nc2ccc(Br)cc2OC(F)(F)F)cc1)N1CCCC1. The number of rotatable bonds is 10. The lowest BCUT2D eigenvalue weighted by Gasteiger charge is -2.22. The van der Waals surface area contributed by atoms with Crippen molar-refractivity contribution in [1.82, 2.24) is 10.2 Å². The van der Waals surface area contributed by atoms with E-state index in [1.54, 1.807) is 30.3 Å². The molecule has 42 heavy (non-hydrogen) atoms. The zero-order valence-electron chi connectivity index (χ0n) is 22.6. The number of carbonyl (C=O) groups is 1. The molecule has 4 rings (SSSR count). The van der Waals surface area contributed by atoms with Gasteiger partial charge in [-0.05, 0) is 92.4 Å². The molecule has 1 aliphatic rings. The molecule has 0 aromatic heterocycles. The molecular weight excluding hydrogens is 631 g/mol. The second kappa shape index (κ2) is 14.5. The molecule has 3 aromatic rings. The van der Waals surface area contributed by atoms with Crippen molar-refractivity contribution < 1.29 is 22.7 Å². The summed E-state index contributed by atoms with van der Waals surface area (Å²) in [4.78, 5) is 15.4. The van der Waals surface area contributed by atoms with Crippen molar-refractivity contribution in [3.8, 4) is 5.75 Å². The molecule has 1 heterocycles. The Labute approximate surface area is 256 Å². The minimum atomic E-state index is -4.89. The van der Waals surface area contributed by atoms with E-state index >= 15 is 0 Å². The Morgan fingerprint density at radius 3 is 2.38 bits per heavy atom. The Kier molecular flexibility index (Phi) is 10.8. The molecule has 1 amide bonds. The Balaban J connectivity index is 1.43. The van der Waals surface area contributed by atoms with E-state index in [4.69, 9.17) is 17.6 Å². The molecule has 3 aromatic carbocycles. The summed E-state index contributed by atoms with van der Waals surface area (Å²) in [5.41, 5.74) is 2.44. The molecule has 1 atom stereocenters. The van der Waals surface area contributed by atoms with Crippen molar-refractivity contribution in [3.05, 3.63) is 88.4 Å². The maximum absolute atomic E-state index is 13.4. The summed E-state index contributed by atoms with van der Waals surface area (Å²) < 4.78 is 43.4. The van der Waals surface area contributed by atoms with E-state index < -0.39 is 18.2 Å². The van der Waals surface area contributed by atoms with Gasteiger partial charge in [0.1, 0.15) is 11.9 Å². The largest absolute Gasteiger partial charge is 0.573 e. The third-order valence-electron chi connectivity index (χ3n) is 6.69. The van der Waals surface area contributed by atoms with Crippen molar-refractivity contribution in [1.29, 1.82) is 5.41 Å². The number of nitrogens with zero attached hydrogens (tertiary/aromatic N) is 1. The van der Waals surface area contributed by atoms with Gasteiger partial charge < -0.3 is 25.6 Å². The topological polar surface area (TPSA) is 89.5 Å². The fourth-order valence-corrected chi connectivity index (χ4v) is 5.21. The summed E-state index contributed by atoms with van der Waals surface area (Å²) in [6.07, 6.45) is -0.948. The van der Waals surface area contributed by atoms with E-state index in [9.17, 15) is 18.0 Å². The molecule has 1 saturated heterocycles. The molecule has 4 N–H and O–H groups in total. The van der Waals surface area contributed by atoms with Crippen LogP contribution in [0.1, 0.15) is 36.8 Å². The highest BCUT2D eigenvalue weighted by Gasteiger charge is 2.32. The Bertz CT molecular complexity index is 1380. The van der Waals surface area contributed by atoms with Crippen molar-refractivity contribution >= 4 is 56.4 Å². The van der Waals surface area contributed by atoms with Crippen LogP contribution in [0.3, 0.4) is 0 Å². The van der Waals surface area contributed by atoms with E-state index in [0.717, 1.165) is 43.5 Å². The van der Waals surface area contributed by atoms with Gasteiger partial charge in [-0.2, -0.15) is 0 Å². The van der Waals surface area contributed by atoms with Gasteiger partial charge in [0.15, 0.2) is 10.9 Å². The summed E-state index contributed by atoms with van der Waals surface area (Å²) in [5, 5.41) is 17.0. The maximum atomic E-state index is 13.4. The van der Waals surface area contributed by atoms with Crippen LogP contribution in [0, 0.1) is 5.41 Å². The maximum Gasteiger partial charge on any atom is 0.573 e. The van der Waals surface area contributed by atoms with Crippen LogP contribution in [0.25, 0.3) is 0 Å². The van der Waals surface area contributed by atoms with Crippen LogP contribution in [-0.2, 0) is 11.2 Å². The Morgan fingerprint density at radius 1 is 1.02 bits per heavy atom. The minimum absolute atomic E-state index is 0.00694. The smallest absolute Gasteiger partial charge is 0.404 e. The van der Waals surface area contributed by atoms with E-state index in [1.165, 1.54) is 12.1 Å². The number of hydrogen-bond acceptors (Lipinski definition) is 4. The average molecular weight is 663 g/mol. The molecule has 0 saturated carbocycles. The van der Waals surface area contributed by atoms with Crippen LogP contribution in [-0.4, -0.2) is 47.2 Å². The summed E-state index contributed by atoms with van der Waals surface area (Å²) in [6.45, 7) is 1.73. The molecule has 0 aliphatic carbocycles. The van der Waals surface area contributed by atoms with Gasteiger partial charge in [-0.15, -0.1) is 13.2 Å². The summed E-state index contributed by atoms with van der Waals surface area (Å²) in [5.74, 6) is -0.355. The number of nitrogens with one attached hydrogen (secondary N) is 4. The molecule has 222 valence electrons. The molecule has 0 spiro atoms. The first kappa shape index (κ1) is 31.3. The first-order valence-electron chi connectivity index (χ1n) is 13.5. The van der Waals surface area contributed by atoms with E-state index in [1.807, 2.05) is 35.2 Å². The average Bonchev–Trinajstić information content (AvgIpc) is 3.49. The number of aryl methyl sites for hydroxylation is 1. The van der Waals surface area contributed by atoms with Gasteiger partial charge in [0.05, 0.1) is 5.69 Å². The Morgan fingerprint density at radius 2 is 1.71 bits per heavy atom. The standard InChI is InChI=1S/C30H31BrF3N5O2S/c31-22-13-16-24(26(19-22)41-30(32,33)34)37-29(42)38-25(10-6-9-20-7-2-1-3-8-20)28(40)36-23-14-11-21(12-15-23)27(35)39-17-4-5-18-39/h1-3,7-8,11-16,19,25,35H,4-6,9-10,17-18H2,(H,36,40)(H2,37,38,42). The molecule has 0 bridgehead atoms. The summed E-state index contributed by atoms with van der Waals surface area (Å²) in [6, 6.07) is 20.3. The van der Waals surface area contributed by atoms with Crippen LogP contribution >= 0.6 is 28.1 Å². The number of benzene rings is 3. The van der Waals surface area contributed by atoms with Crippen molar-refractivity contribution in [2.75, 3.05) is 23.7 Å². The highest BCUT2D eigenvalue weighted by Crippen LogP contribution is 2.33. The first-order chi connectivity index (χ1) is 20.1. The number of ether oxygens (including phenoxy) is 1. The molecule has 0 radical (unpaired) electrons. The van der Waals surface area contributed by atoms with Crippen molar-refractivity contribution in [3.63, 3.8) is 0 Å².